The van der Waals surface area contributed by atoms with Crippen LogP contribution in [0.3, 0.4) is 0 Å². The Hall–Kier alpha value is -1.07. The molecule has 0 aromatic heterocycles. The van der Waals surface area contributed by atoms with E-state index in [9.17, 15) is 15.0 Å². The summed E-state index contributed by atoms with van der Waals surface area (Å²) in [5, 5.41) is 14.1. The van der Waals surface area contributed by atoms with Crippen molar-refractivity contribution in [2.45, 2.75) is 22.7 Å². The number of aliphatic hydroxyl groups is 2. The Labute approximate surface area is 124 Å². The van der Waals surface area contributed by atoms with Gasteiger partial charge < -0.3 is 14.9 Å². The maximum Gasteiger partial charge on any atom is 0.337 e. The van der Waals surface area contributed by atoms with Crippen LogP contribution >= 0.6 is 0 Å². The predicted octanol–water partition coefficient (Wildman–Crippen LogP) is -1.94. The number of benzene rings is 1. The fraction of sp³-hybridized carbons (Fsp3) is 0.364. The zero-order chi connectivity index (χ0) is 15.6. The van der Waals surface area contributed by atoms with E-state index < -0.39 is 28.7 Å². The van der Waals surface area contributed by atoms with Crippen LogP contribution in [0.4, 0.5) is 0 Å². The number of ether oxygens (including phenoxy) is 1. The van der Waals surface area contributed by atoms with Crippen LogP contribution in [-0.4, -0.2) is 71.7 Å². The molecule has 0 fully saturated rings. The lowest BCUT2D eigenvalue weighted by molar-refractivity contribution is -0.0305. The molecule has 0 saturated heterocycles. The van der Waals surface area contributed by atoms with E-state index in [-0.39, 0.29) is 5.56 Å². The summed E-state index contributed by atoms with van der Waals surface area (Å²) in [6.45, 7) is 0. The summed E-state index contributed by atoms with van der Waals surface area (Å²) < 4.78 is 4.81. The quantitative estimate of drug-likeness (QED) is 0.477. The Morgan fingerprint density at radius 1 is 1.05 bits per heavy atom. The topological polar surface area (TPSA) is 66.8 Å². The van der Waals surface area contributed by atoms with Crippen LogP contribution in [0.5, 0.6) is 0 Å². The smallest absolute Gasteiger partial charge is 0.337 e. The van der Waals surface area contributed by atoms with Gasteiger partial charge >= 0.3 is 5.97 Å². The number of hydrogen-bond donors (Lipinski definition) is 2. The summed E-state index contributed by atoms with van der Waals surface area (Å²) in [5.74, 6) is -0.830. The monoisotopic (exact) mass is 260 g/mol. The molecule has 4 nitrogen and oxygen atoms in total. The fourth-order valence-electron chi connectivity index (χ4n) is 1.40. The highest BCUT2D eigenvalue weighted by Crippen LogP contribution is 2.24. The second kappa shape index (κ2) is 5.74. The molecule has 1 unspecified atom stereocenters. The van der Waals surface area contributed by atoms with E-state index in [0.717, 1.165) is 0 Å². The summed E-state index contributed by atoms with van der Waals surface area (Å²) in [5.41, 5.74) is -2.36. The van der Waals surface area contributed by atoms with Crippen molar-refractivity contribution >= 4 is 45.2 Å². The molecule has 9 heteroatoms. The number of hydrogen-bond acceptors (Lipinski definition) is 4. The van der Waals surface area contributed by atoms with Gasteiger partial charge in [-0.15, -0.1) is 0 Å². The van der Waals surface area contributed by atoms with Gasteiger partial charge in [0.1, 0.15) is 39.2 Å². The summed E-state index contributed by atoms with van der Waals surface area (Å²) in [4.78, 5) is 11.8. The zero-order valence-electron chi connectivity index (χ0n) is 10.7. The van der Waals surface area contributed by atoms with Crippen LogP contribution in [0.2, 0.25) is 0 Å². The van der Waals surface area contributed by atoms with E-state index in [1.165, 1.54) is 12.1 Å². The van der Waals surface area contributed by atoms with Crippen LogP contribution in [0.15, 0.2) is 30.3 Å². The van der Waals surface area contributed by atoms with E-state index in [4.69, 9.17) is 44.0 Å². The molecule has 2 N–H and O–H groups in total. The van der Waals surface area contributed by atoms with Crippen molar-refractivity contribution < 1.29 is 19.7 Å². The first-order valence-electron chi connectivity index (χ1n) is 5.62. The molecule has 20 heavy (non-hydrogen) atoms. The minimum atomic E-state index is -2.67. The van der Waals surface area contributed by atoms with Crippen molar-refractivity contribution in [3.8, 4) is 0 Å². The molecule has 1 rings (SSSR count). The molecule has 0 aliphatic rings. The largest absolute Gasteiger partial charge is 0.476 e. The number of carbonyl (C=O) groups excluding carboxylic acids is 1. The second-order valence-electron chi connectivity index (χ2n) is 4.64. The molecule has 1 atom stereocenters. The summed E-state index contributed by atoms with van der Waals surface area (Å²) in [7, 11) is 26.5. The van der Waals surface area contributed by atoms with E-state index >= 15 is 0 Å². The Morgan fingerprint density at radius 2 is 1.55 bits per heavy atom. The van der Waals surface area contributed by atoms with Gasteiger partial charge in [-0.2, -0.15) is 0 Å². The first-order valence-corrected chi connectivity index (χ1v) is 5.62. The average molecular weight is 259 g/mol. The Kier molecular flexibility index (Phi) is 4.88. The number of esters is 1. The summed E-state index contributed by atoms with van der Waals surface area (Å²) >= 11 is 0. The fourth-order valence-corrected chi connectivity index (χ4v) is 1.40. The lowest BCUT2D eigenvalue weighted by Gasteiger charge is -2.43. The van der Waals surface area contributed by atoms with Gasteiger partial charge in [-0.25, -0.2) is 4.79 Å². The van der Waals surface area contributed by atoms with Gasteiger partial charge in [-0.05, 0) is 18.6 Å². The Bertz CT molecular complexity index is 469. The van der Waals surface area contributed by atoms with E-state index in [0.29, 0.717) is 0 Å². The van der Waals surface area contributed by atoms with Gasteiger partial charge in [-0.3, -0.25) is 0 Å². The maximum atomic E-state index is 11.8. The number of carbonyl (C=O) groups is 1. The zero-order valence-corrected chi connectivity index (χ0v) is 10.7. The van der Waals surface area contributed by atoms with Gasteiger partial charge in [0.25, 0.3) is 0 Å². The van der Waals surface area contributed by atoms with Crippen molar-refractivity contribution in [1.29, 1.82) is 0 Å². The van der Waals surface area contributed by atoms with Gasteiger partial charge in [0.05, 0.1) is 5.56 Å². The SMILES string of the molecule is [B]C([B])(CC([B])(O)C([B])([B])O)OC(=O)c1ccccc1. The van der Waals surface area contributed by atoms with Crippen LogP contribution in [-0.2, 0) is 4.74 Å². The third kappa shape index (κ3) is 4.49. The first-order chi connectivity index (χ1) is 8.95. The molecule has 0 amide bonds. The average Bonchev–Trinajstić information content (AvgIpc) is 2.26. The van der Waals surface area contributed by atoms with Gasteiger partial charge in [0.2, 0.25) is 0 Å². The molecule has 0 saturated carbocycles. The molecule has 92 valence electrons. The molecule has 0 spiro atoms. The predicted molar refractivity (Wildman–Crippen MR) is 77.9 cm³/mol. The molecule has 10 radical (unpaired) electrons. The summed E-state index contributed by atoms with van der Waals surface area (Å²) in [6, 6.07) is 7.90. The van der Waals surface area contributed by atoms with E-state index in [1.807, 2.05) is 0 Å². The van der Waals surface area contributed by atoms with Crippen molar-refractivity contribution in [3.63, 3.8) is 0 Å². The highest BCUT2D eigenvalue weighted by molar-refractivity contribution is 6.45. The lowest BCUT2D eigenvalue weighted by Crippen LogP contribution is -2.60. The Morgan fingerprint density at radius 3 is 2.00 bits per heavy atom. The normalized spacial score (nSPS) is 15.3. The molecular weight excluding hydrogens is 250 g/mol. The van der Waals surface area contributed by atoms with E-state index in [1.54, 1.807) is 18.2 Å². The minimum absolute atomic E-state index is 0.198. The molecule has 0 aliphatic heterocycles. The standard InChI is InChI=1S/C11H9B5O4/c12-9(18,11(15,16)19)6-10(13,14)20-8(17)7-4-2-1-3-5-7/h1-5,18-19H,6H2. The molecular formula is C11H9B5O4. The number of rotatable bonds is 5. The van der Waals surface area contributed by atoms with Crippen LogP contribution in [0.1, 0.15) is 16.8 Å². The van der Waals surface area contributed by atoms with Gasteiger partial charge in [0, 0.05) is 16.3 Å². The van der Waals surface area contributed by atoms with Gasteiger partial charge in [0.15, 0.2) is 0 Å². The maximum absolute atomic E-state index is 11.8. The summed E-state index contributed by atoms with van der Waals surface area (Å²) in [6.07, 6.45) is -0.790. The van der Waals surface area contributed by atoms with Crippen molar-refractivity contribution in [2.75, 3.05) is 0 Å². The minimum Gasteiger partial charge on any atom is -0.476 e. The Balaban J connectivity index is 2.78. The lowest BCUT2D eigenvalue weighted by atomic mass is 9.44. The molecule has 1 aromatic carbocycles. The second-order valence-corrected chi connectivity index (χ2v) is 4.64. The third-order valence-corrected chi connectivity index (χ3v) is 2.53. The first kappa shape index (κ1) is 17.0. The third-order valence-electron chi connectivity index (χ3n) is 2.53. The molecule has 1 aromatic rings. The van der Waals surface area contributed by atoms with Crippen LogP contribution < -0.4 is 0 Å². The van der Waals surface area contributed by atoms with Crippen molar-refractivity contribution in [1.82, 2.24) is 0 Å². The highest BCUT2D eigenvalue weighted by Gasteiger charge is 2.41. The van der Waals surface area contributed by atoms with E-state index in [2.05, 4.69) is 0 Å². The van der Waals surface area contributed by atoms with Crippen molar-refractivity contribution in [2.24, 2.45) is 0 Å². The molecule has 0 bridgehead atoms. The highest BCUT2D eigenvalue weighted by atomic mass is 16.5. The molecule has 0 heterocycles. The van der Waals surface area contributed by atoms with Crippen LogP contribution in [0.25, 0.3) is 0 Å². The van der Waals surface area contributed by atoms with Crippen LogP contribution in [0, 0.1) is 0 Å². The van der Waals surface area contributed by atoms with Gasteiger partial charge in [-0.1, -0.05) is 18.2 Å². The molecule has 0 aliphatic carbocycles. The van der Waals surface area contributed by atoms with Crippen molar-refractivity contribution in [3.05, 3.63) is 35.9 Å².